The van der Waals surface area contributed by atoms with Crippen molar-refractivity contribution in [2.24, 2.45) is 0 Å². The van der Waals surface area contributed by atoms with Gasteiger partial charge in [0, 0.05) is 6.04 Å². The molecule has 1 atom stereocenters. The lowest BCUT2D eigenvalue weighted by molar-refractivity contribution is 0.247. The molecule has 22 heavy (non-hydrogen) atoms. The van der Waals surface area contributed by atoms with Crippen LogP contribution >= 0.6 is 23.1 Å². The number of likely N-dealkylation sites (tertiary alicyclic amines) is 1. The molecule has 2 heterocycles. The Kier molecular flexibility index (Phi) is 5.33. The summed E-state index contributed by atoms with van der Waals surface area (Å²) in [5.74, 6) is 0.949. The maximum Gasteiger partial charge on any atom is 0.174 e. The highest BCUT2D eigenvalue weighted by molar-refractivity contribution is 8.00. The van der Waals surface area contributed by atoms with Crippen molar-refractivity contribution in [2.45, 2.75) is 36.7 Å². The Bertz CT molecular complexity index is 600. The molecule has 0 amide bonds. The zero-order valence-corrected chi connectivity index (χ0v) is 14.6. The monoisotopic (exact) mass is 335 g/mol. The number of ether oxygens (including phenoxy) is 1. The van der Waals surface area contributed by atoms with Crippen LogP contribution in [-0.4, -0.2) is 34.5 Å². The molecule has 1 fully saturated rings. The topological polar surface area (TPSA) is 38.2 Å². The van der Waals surface area contributed by atoms with E-state index in [-0.39, 0.29) is 0 Å². The third kappa shape index (κ3) is 3.62. The lowest BCUT2D eigenvalue weighted by Crippen LogP contribution is -2.22. The Labute approximate surface area is 139 Å². The van der Waals surface area contributed by atoms with Crippen LogP contribution in [0.3, 0.4) is 0 Å². The maximum atomic E-state index is 5.53. The van der Waals surface area contributed by atoms with Gasteiger partial charge in [-0.3, -0.25) is 4.90 Å². The van der Waals surface area contributed by atoms with Crippen molar-refractivity contribution < 1.29 is 4.74 Å². The van der Waals surface area contributed by atoms with Gasteiger partial charge in [0.25, 0.3) is 0 Å². The largest absolute Gasteiger partial charge is 0.494 e. The summed E-state index contributed by atoms with van der Waals surface area (Å²) >= 11 is 3.37. The molecule has 0 spiro atoms. The summed E-state index contributed by atoms with van der Waals surface area (Å²) in [7, 11) is 0. The van der Waals surface area contributed by atoms with Crippen molar-refractivity contribution in [3.63, 3.8) is 0 Å². The van der Waals surface area contributed by atoms with Gasteiger partial charge in [-0.05, 0) is 50.3 Å². The number of nitrogens with zero attached hydrogens (tertiary/aromatic N) is 3. The molecule has 1 aromatic heterocycles. The zero-order valence-electron chi connectivity index (χ0n) is 13.0. The van der Waals surface area contributed by atoms with Crippen molar-refractivity contribution in [1.29, 1.82) is 0 Å². The van der Waals surface area contributed by atoms with Crippen LogP contribution in [0.4, 0.5) is 0 Å². The first-order valence-corrected chi connectivity index (χ1v) is 9.67. The lowest BCUT2D eigenvalue weighted by Gasteiger charge is -2.23. The molecule has 1 saturated heterocycles. The van der Waals surface area contributed by atoms with Crippen LogP contribution in [0.15, 0.2) is 28.6 Å². The van der Waals surface area contributed by atoms with Crippen LogP contribution < -0.4 is 4.74 Å². The molecule has 0 bridgehead atoms. The van der Waals surface area contributed by atoms with Crippen LogP contribution in [0.2, 0.25) is 0 Å². The molecule has 1 aromatic carbocycles. The molecule has 0 unspecified atom stereocenters. The van der Waals surface area contributed by atoms with Crippen molar-refractivity contribution >= 4 is 23.1 Å². The standard InChI is InChI=1S/C16H21N3OS2/c1-3-20-13-8-6-12(7-9-13)14-5-4-10-19(14)11-15-17-18-16(21-2)22-15/h6-9,14H,3-5,10-11H2,1-2H3/t14-/m1/s1. The predicted molar refractivity (Wildman–Crippen MR) is 91.7 cm³/mol. The number of aromatic nitrogens is 2. The maximum absolute atomic E-state index is 5.53. The summed E-state index contributed by atoms with van der Waals surface area (Å²) in [5, 5.41) is 9.61. The Hall–Kier alpha value is -1.11. The van der Waals surface area contributed by atoms with Gasteiger partial charge in [0.1, 0.15) is 10.8 Å². The average Bonchev–Trinajstić information content (AvgIpc) is 3.18. The molecular weight excluding hydrogens is 314 g/mol. The molecule has 4 nitrogen and oxygen atoms in total. The van der Waals surface area contributed by atoms with Gasteiger partial charge in [0.05, 0.1) is 13.2 Å². The van der Waals surface area contributed by atoms with E-state index < -0.39 is 0 Å². The number of benzene rings is 1. The van der Waals surface area contributed by atoms with Crippen LogP contribution in [0, 0.1) is 0 Å². The SMILES string of the molecule is CCOc1ccc([C@H]2CCCN2Cc2nnc(SC)s2)cc1. The van der Waals surface area contributed by atoms with E-state index in [1.165, 1.54) is 18.4 Å². The molecular formula is C16H21N3OS2. The van der Waals surface area contributed by atoms with Crippen molar-refractivity contribution in [2.75, 3.05) is 19.4 Å². The normalized spacial score (nSPS) is 18.7. The van der Waals surface area contributed by atoms with Crippen molar-refractivity contribution in [1.82, 2.24) is 15.1 Å². The van der Waals surface area contributed by atoms with E-state index in [2.05, 4.69) is 39.4 Å². The van der Waals surface area contributed by atoms with E-state index in [0.717, 1.165) is 28.2 Å². The number of hydrogen-bond acceptors (Lipinski definition) is 6. The van der Waals surface area contributed by atoms with Crippen LogP contribution in [0.25, 0.3) is 0 Å². The second-order valence-electron chi connectivity index (χ2n) is 5.30. The lowest BCUT2D eigenvalue weighted by atomic mass is 10.0. The van der Waals surface area contributed by atoms with E-state index in [1.54, 1.807) is 23.1 Å². The molecule has 6 heteroatoms. The fraction of sp³-hybridized carbons (Fsp3) is 0.500. The van der Waals surface area contributed by atoms with Gasteiger partial charge in [0.2, 0.25) is 0 Å². The second-order valence-corrected chi connectivity index (χ2v) is 7.41. The third-order valence-corrected chi connectivity index (χ3v) is 5.78. The van der Waals surface area contributed by atoms with E-state index in [9.17, 15) is 0 Å². The van der Waals surface area contributed by atoms with Gasteiger partial charge in [-0.15, -0.1) is 10.2 Å². The highest BCUT2D eigenvalue weighted by Crippen LogP contribution is 2.34. The number of thioether (sulfide) groups is 1. The molecule has 1 aliphatic heterocycles. The van der Waals surface area contributed by atoms with Gasteiger partial charge in [-0.25, -0.2) is 0 Å². The van der Waals surface area contributed by atoms with Gasteiger partial charge in [0.15, 0.2) is 4.34 Å². The Morgan fingerprint density at radius 2 is 2.14 bits per heavy atom. The second kappa shape index (κ2) is 7.44. The van der Waals surface area contributed by atoms with Crippen LogP contribution in [0.5, 0.6) is 5.75 Å². The summed E-state index contributed by atoms with van der Waals surface area (Å²) in [6, 6.07) is 9.03. The van der Waals surface area contributed by atoms with Gasteiger partial charge in [-0.1, -0.05) is 35.2 Å². The summed E-state index contributed by atoms with van der Waals surface area (Å²) in [4.78, 5) is 2.51. The number of rotatable bonds is 6. The Balaban J connectivity index is 1.69. The first-order valence-electron chi connectivity index (χ1n) is 7.63. The predicted octanol–water partition coefficient (Wildman–Crippen LogP) is 4.00. The minimum Gasteiger partial charge on any atom is -0.494 e. The summed E-state index contributed by atoms with van der Waals surface area (Å²) in [5.41, 5.74) is 1.37. The molecule has 0 N–H and O–H groups in total. The fourth-order valence-electron chi connectivity index (χ4n) is 2.90. The molecule has 0 aliphatic carbocycles. The highest BCUT2D eigenvalue weighted by atomic mass is 32.2. The summed E-state index contributed by atoms with van der Waals surface area (Å²) in [6.07, 6.45) is 4.50. The zero-order chi connectivity index (χ0) is 15.4. The van der Waals surface area contributed by atoms with E-state index in [1.807, 2.05) is 13.2 Å². The Morgan fingerprint density at radius 1 is 1.32 bits per heavy atom. The van der Waals surface area contributed by atoms with E-state index >= 15 is 0 Å². The van der Waals surface area contributed by atoms with Gasteiger partial charge in [-0.2, -0.15) is 0 Å². The smallest absolute Gasteiger partial charge is 0.174 e. The highest BCUT2D eigenvalue weighted by Gasteiger charge is 2.26. The average molecular weight is 335 g/mol. The quantitative estimate of drug-likeness (QED) is 0.746. The summed E-state index contributed by atoms with van der Waals surface area (Å²) in [6.45, 7) is 4.75. The molecule has 2 aromatic rings. The first-order chi connectivity index (χ1) is 10.8. The van der Waals surface area contributed by atoms with Crippen molar-refractivity contribution in [3.05, 3.63) is 34.8 Å². The summed E-state index contributed by atoms with van der Waals surface area (Å²) < 4.78 is 6.58. The molecule has 118 valence electrons. The van der Waals surface area contributed by atoms with E-state index in [4.69, 9.17) is 4.74 Å². The number of hydrogen-bond donors (Lipinski definition) is 0. The minimum absolute atomic E-state index is 0.484. The van der Waals surface area contributed by atoms with Crippen LogP contribution in [-0.2, 0) is 6.54 Å². The van der Waals surface area contributed by atoms with E-state index in [0.29, 0.717) is 12.6 Å². The first kappa shape index (κ1) is 15.8. The minimum atomic E-state index is 0.484. The molecule has 0 saturated carbocycles. The molecule has 1 aliphatic rings. The third-order valence-electron chi connectivity index (χ3n) is 3.90. The van der Waals surface area contributed by atoms with Gasteiger partial charge < -0.3 is 4.74 Å². The Morgan fingerprint density at radius 3 is 2.82 bits per heavy atom. The fourth-order valence-corrected chi connectivity index (χ4v) is 4.24. The van der Waals surface area contributed by atoms with Gasteiger partial charge >= 0.3 is 0 Å². The molecule has 0 radical (unpaired) electrons. The molecule has 3 rings (SSSR count). The van der Waals surface area contributed by atoms with Crippen molar-refractivity contribution in [3.8, 4) is 5.75 Å². The van der Waals surface area contributed by atoms with Crippen LogP contribution in [0.1, 0.15) is 36.4 Å².